The van der Waals surface area contributed by atoms with Gasteiger partial charge in [-0.25, -0.2) is 0 Å². The fourth-order valence-corrected chi connectivity index (χ4v) is 2.66. The van der Waals surface area contributed by atoms with E-state index in [1.54, 1.807) is 0 Å². The minimum absolute atomic E-state index is 0.162. The van der Waals surface area contributed by atoms with E-state index in [2.05, 4.69) is 118 Å². The zero-order valence-electron chi connectivity index (χ0n) is 19.6. The minimum atomic E-state index is 0.162. The van der Waals surface area contributed by atoms with E-state index < -0.39 is 0 Å². The number of hydrogen-bond donors (Lipinski definition) is 0. The van der Waals surface area contributed by atoms with Crippen LogP contribution in [0.4, 0.5) is 0 Å². The predicted octanol–water partition coefficient (Wildman–Crippen LogP) is 7.78. The summed E-state index contributed by atoms with van der Waals surface area (Å²) in [5.41, 5.74) is 5.98. The van der Waals surface area contributed by atoms with E-state index in [0.717, 1.165) is 5.69 Å². The summed E-state index contributed by atoms with van der Waals surface area (Å²) in [7, 11) is 0. The van der Waals surface area contributed by atoms with Crippen molar-refractivity contribution in [3.8, 4) is 0 Å². The summed E-state index contributed by atoms with van der Waals surface area (Å²) in [5.74, 6) is 0.571. The van der Waals surface area contributed by atoms with E-state index in [4.69, 9.17) is 0 Å². The molecule has 150 valence electrons. The number of rotatable bonds is 1. The second-order valence-electron chi connectivity index (χ2n) is 11.0. The molecule has 0 unspecified atom stereocenters. The normalized spacial score (nSPS) is 12.6. The maximum Gasteiger partial charge on any atom is 0.0457 e. The van der Waals surface area contributed by atoms with Crippen molar-refractivity contribution in [1.82, 2.24) is 4.98 Å². The Hall–Kier alpha value is -1.63. The van der Waals surface area contributed by atoms with Crippen LogP contribution >= 0.6 is 0 Å². The molecular weight excluding hydrogens is 326 g/mol. The molecule has 0 aliphatic heterocycles. The highest BCUT2D eigenvalue weighted by Crippen LogP contribution is 2.27. The van der Waals surface area contributed by atoms with Crippen molar-refractivity contribution in [2.24, 2.45) is 0 Å². The minimum Gasteiger partial charge on any atom is -0.260 e. The Bertz CT molecular complexity index is 651. The average Bonchev–Trinajstić information content (AvgIpc) is 2.53. The number of hydrogen-bond acceptors (Lipinski definition) is 1. The van der Waals surface area contributed by atoms with Crippen molar-refractivity contribution in [2.45, 2.75) is 98.3 Å². The van der Waals surface area contributed by atoms with Crippen LogP contribution in [-0.2, 0) is 16.2 Å². The molecule has 1 aromatic carbocycles. The lowest BCUT2D eigenvalue weighted by Crippen LogP contribution is -2.14. The van der Waals surface area contributed by atoms with Gasteiger partial charge in [0.1, 0.15) is 0 Å². The maximum absolute atomic E-state index is 4.47. The molecule has 2 aromatic rings. The summed E-state index contributed by atoms with van der Waals surface area (Å²) in [6, 6.07) is 13.3. The number of nitrogens with zero attached hydrogens (tertiary/aromatic N) is 1. The summed E-state index contributed by atoms with van der Waals surface area (Å²) in [5, 5.41) is 0. The first-order valence-electron chi connectivity index (χ1n) is 10.2. The van der Waals surface area contributed by atoms with E-state index in [9.17, 15) is 0 Å². The zero-order chi connectivity index (χ0) is 21.0. The van der Waals surface area contributed by atoms with Gasteiger partial charge in [0.15, 0.2) is 0 Å². The first-order valence-corrected chi connectivity index (χ1v) is 10.2. The zero-order valence-corrected chi connectivity index (χ0v) is 19.6. The Morgan fingerprint density at radius 1 is 0.593 bits per heavy atom. The Labute approximate surface area is 168 Å². The van der Waals surface area contributed by atoms with Crippen LogP contribution in [0.2, 0.25) is 0 Å². The van der Waals surface area contributed by atoms with Gasteiger partial charge in [0.2, 0.25) is 0 Å². The Morgan fingerprint density at radius 2 is 1.00 bits per heavy atom. The first kappa shape index (κ1) is 23.4. The number of pyridine rings is 1. The van der Waals surface area contributed by atoms with Gasteiger partial charge in [-0.3, -0.25) is 4.98 Å². The summed E-state index contributed by atoms with van der Waals surface area (Å²) in [4.78, 5) is 4.47. The second kappa shape index (κ2) is 8.59. The first-order chi connectivity index (χ1) is 12.1. The molecule has 1 aromatic heterocycles. The lowest BCUT2D eigenvalue weighted by molar-refractivity contribution is 0.567. The van der Waals surface area contributed by atoms with Gasteiger partial charge in [0.05, 0.1) is 0 Å². The quantitative estimate of drug-likeness (QED) is 0.501. The third-order valence-corrected chi connectivity index (χ3v) is 4.84. The van der Waals surface area contributed by atoms with Crippen LogP contribution in [0.25, 0.3) is 0 Å². The summed E-state index contributed by atoms with van der Waals surface area (Å²) >= 11 is 0. The van der Waals surface area contributed by atoms with Crippen molar-refractivity contribution in [1.29, 1.82) is 0 Å². The van der Waals surface area contributed by atoms with Crippen LogP contribution in [0.5, 0.6) is 0 Å². The van der Waals surface area contributed by atoms with Gasteiger partial charge in [-0.1, -0.05) is 106 Å². The van der Waals surface area contributed by atoms with Crippen molar-refractivity contribution in [3.05, 3.63) is 65.0 Å². The van der Waals surface area contributed by atoms with Crippen LogP contribution in [0.15, 0.2) is 42.6 Å². The average molecular weight is 368 g/mol. The SMILES string of the molecule is CC(C)(C)c1ccc(C(C)(C)C)cc1.CC(C)c1ccc(C(C)(C)C)nc1. The van der Waals surface area contributed by atoms with E-state index in [1.165, 1.54) is 16.7 Å². The molecule has 0 atom stereocenters. The third-order valence-electron chi connectivity index (χ3n) is 4.84. The van der Waals surface area contributed by atoms with Gasteiger partial charge in [-0.15, -0.1) is 0 Å². The highest BCUT2D eigenvalue weighted by Gasteiger charge is 2.17. The number of benzene rings is 1. The summed E-state index contributed by atoms with van der Waals surface area (Å²) in [6.07, 6.45) is 1.99. The standard InChI is InChI=1S/C14H22.C12H19N/c1-13(2,3)11-7-9-12(10-8-11)14(4,5)6;1-9(2)10-6-7-11(13-8-10)12(3,4)5/h7-10H,1-6H3;6-9H,1-5H3. The lowest BCUT2D eigenvalue weighted by atomic mass is 9.82. The van der Waals surface area contributed by atoms with Gasteiger partial charge in [-0.2, -0.15) is 0 Å². The molecule has 0 aliphatic rings. The van der Waals surface area contributed by atoms with Gasteiger partial charge >= 0.3 is 0 Å². The Morgan fingerprint density at radius 3 is 1.22 bits per heavy atom. The van der Waals surface area contributed by atoms with Crippen molar-refractivity contribution in [3.63, 3.8) is 0 Å². The molecule has 1 heterocycles. The number of aromatic nitrogens is 1. The monoisotopic (exact) mass is 367 g/mol. The van der Waals surface area contributed by atoms with Crippen LogP contribution in [0, 0.1) is 0 Å². The smallest absolute Gasteiger partial charge is 0.0457 e. The van der Waals surface area contributed by atoms with E-state index in [0.29, 0.717) is 5.92 Å². The molecule has 0 saturated carbocycles. The molecule has 0 N–H and O–H groups in total. The van der Waals surface area contributed by atoms with Gasteiger partial charge in [-0.05, 0) is 39.5 Å². The van der Waals surface area contributed by atoms with E-state index >= 15 is 0 Å². The molecule has 0 spiro atoms. The highest BCUT2D eigenvalue weighted by atomic mass is 14.7. The van der Waals surface area contributed by atoms with Crippen molar-refractivity contribution >= 4 is 0 Å². The van der Waals surface area contributed by atoms with Crippen LogP contribution in [0.3, 0.4) is 0 Å². The Balaban J connectivity index is 0.000000271. The van der Waals surface area contributed by atoms with Crippen LogP contribution in [0.1, 0.15) is 104 Å². The molecule has 0 fully saturated rings. The molecule has 2 rings (SSSR count). The molecule has 0 amide bonds. The van der Waals surface area contributed by atoms with Crippen molar-refractivity contribution < 1.29 is 0 Å². The highest BCUT2D eigenvalue weighted by molar-refractivity contribution is 5.30. The maximum atomic E-state index is 4.47. The second-order valence-corrected chi connectivity index (χ2v) is 11.0. The van der Waals surface area contributed by atoms with E-state index in [1.807, 2.05) is 6.20 Å². The molecular formula is C26H41N. The van der Waals surface area contributed by atoms with Crippen LogP contribution < -0.4 is 0 Å². The third kappa shape index (κ3) is 7.48. The molecule has 1 heteroatoms. The van der Waals surface area contributed by atoms with Gasteiger partial charge in [0, 0.05) is 17.3 Å². The summed E-state index contributed by atoms with van der Waals surface area (Å²) in [6.45, 7) is 24.4. The molecule has 27 heavy (non-hydrogen) atoms. The molecule has 0 bridgehead atoms. The van der Waals surface area contributed by atoms with Gasteiger partial charge < -0.3 is 0 Å². The van der Waals surface area contributed by atoms with Crippen LogP contribution in [-0.4, -0.2) is 4.98 Å². The molecule has 0 saturated heterocycles. The Kier molecular flexibility index (Phi) is 7.45. The van der Waals surface area contributed by atoms with Gasteiger partial charge in [0.25, 0.3) is 0 Å². The molecule has 0 aliphatic carbocycles. The largest absolute Gasteiger partial charge is 0.260 e. The van der Waals surface area contributed by atoms with Crippen molar-refractivity contribution in [2.75, 3.05) is 0 Å². The molecule has 1 nitrogen and oxygen atoms in total. The topological polar surface area (TPSA) is 12.9 Å². The fourth-order valence-electron chi connectivity index (χ4n) is 2.66. The lowest BCUT2D eigenvalue weighted by Gasteiger charge is -2.23. The van der Waals surface area contributed by atoms with E-state index in [-0.39, 0.29) is 16.2 Å². The predicted molar refractivity (Wildman–Crippen MR) is 121 cm³/mol. The fraction of sp³-hybridized carbons (Fsp3) is 0.577. The summed E-state index contributed by atoms with van der Waals surface area (Å²) < 4.78 is 0. The molecule has 0 radical (unpaired) electrons.